The van der Waals surface area contributed by atoms with Crippen LogP contribution in [0.1, 0.15) is 30.7 Å². The minimum atomic E-state index is -0.203. The van der Waals surface area contributed by atoms with E-state index in [9.17, 15) is 4.79 Å². The molecule has 0 aromatic heterocycles. The Labute approximate surface area is 89.7 Å². The van der Waals surface area contributed by atoms with Gasteiger partial charge in [0.25, 0.3) is 0 Å². The molecule has 0 saturated carbocycles. The number of para-hydroxylation sites is 1. The highest BCUT2D eigenvalue weighted by atomic mass is 16.1. The molecule has 0 bridgehead atoms. The van der Waals surface area contributed by atoms with Gasteiger partial charge in [-0.1, -0.05) is 18.2 Å². The zero-order chi connectivity index (χ0) is 10.7. The Morgan fingerprint density at radius 1 is 1.47 bits per heavy atom. The molecule has 0 aliphatic carbocycles. The molecule has 3 N–H and O–H groups in total. The van der Waals surface area contributed by atoms with Gasteiger partial charge in [-0.2, -0.15) is 0 Å². The highest BCUT2D eigenvalue weighted by Crippen LogP contribution is 2.34. The van der Waals surface area contributed by atoms with Crippen molar-refractivity contribution in [1.82, 2.24) is 0 Å². The Hall–Kier alpha value is -1.51. The molecule has 80 valence electrons. The Kier molecular flexibility index (Phi) is 2.90. The molecule has 1 heterocycles. The molecule has 0 spiro atoms. The van der Waals surface area contributed by atoms with Crippen LogP contribution in [0, 0.1) is 0 Å². The minimum Gasteiger partial charge on any atom is -0.385 e. The summed E-state index contributed by atoms with van der Waals surface area (Å²) in [5.74, 6) is 0.279. The van der Waals surface area contributed by atoms with E-state index in [4.69, 9.17) is 5.73 Å². The molecule has 1 atom stereocenters. The molecular weight excluding hydrogens is 188 g/mol. The van der Waals surface area contributed by atoms with E-state index in [1.807, 2.05) is 12.1 Å². The lowest BCUT2D eigenvalue weighted by Gasteiger charge is -2.26. The largest absolute Gasteiger partial charge is 0.385 e. The molecule has 0 fully saturated rings. The first-order valence-electron chi connectivity index (χ1n) is 5.38. The van der Waals surface area contributed by atoms with Crippen molar-refractivity contribution in [2.45, 2.75) is 25.2 Å². The molecule has 0 saturated heterocycles. The number of benzene rings is 1. The smallest absolute Gasteiger partial charge is 0.217 e. The standard InChI is InChI=1S/C12H16N2O/c13-12(15)6-5-9-7-8-14-11-4-2-1-3-10(9)11/h1-4,9,14H,5-8H2,(H2,13,15). The SMILES string of the molecule is NC(=O)CCC1CCNc2ccccc21. The Morgan fingerprint density at radius 2 is 2.27 bits per heavy atom. The number of amides is 1. The Balaban J connectivity index is 2.11. The average Bonchev–Trinajstić information content (AvgIpc) is 2.26. The number of nitrogens with one attached hydrogen (secondary N) is 1. The van der Waals surface area contributed by atoms with Gasteiger partial charge >= 0.3 is 0 Å². The van der Waals surface area contributed by atoms with E-state index in [0.29, 0.717) is 12.3 Å². The lowest BCUT2D eigenvalue weighted by molar-refractivity contribution is -0.118. The number of hydrogen-bond acceptors (Lipinski definition) is 2. The van der Waals surface area contributed by atoms with Crippen LogP contribution in [0.3, 0.4) is 0 Å². The van der Waals surface area contributed by atoms with Gasteiger partial charge in [0.2, 0.25) is 5.91 Å². The van der Waals surface area contributed by atoms with Crippen molar-refractivity contribution < 1.29 is 4.79 Å². The number of carbonyl (C=O) groups is 1. The topological polar surface area (TPSA) is 55.1 Å². The highest BCUT2D eigenvalue weighted by Gasteiger charge is 2.19. The molecule has 15 heavy (non-hydrogen) atoms. The fourth-order valence-corrected chi connectivity index (χ4v) is 2.17. The van der Waals surface area contributed by atoms with Gasteiger partial charge in [-0.25, -0.2) is 0 Å². The molecule has 1 aromatic carbocycles. The van der Waals surface area contributed by atoms with Gasteiger partial charge < -0.3 is 11.1 Å². The van der Waals surface area contributed by atoms with E-state index in [-0.39, 0.29) is 5.91 Å². The van der Waals surface area contributed by atoms with Crippen molar-refractivity contribution >= 4 is 11.6 Å². The number of rotatable bonds is 3. The molecular formula is C12H16N2O. The molecule has 0 radical (unpaired) electrons. The van der Waals surface area contributed by atoms with Gasteiger partial charge in [0.15, 0.2) is 0 Å². The second-order valence-corrected chi connectivity index (χ2v) is 4.00. The normalized spacial score (nSPS) is 19.1. The number of anilines is 1. The quantitative estimate of drug-likeness (QED) is 0.789. The third-order valence-corrected chi connectivity index (χ3v) is 2.95. The van der Waals surface area contributed by atoms with E-state index in [1.165, 1.54) is 11.3 Å². The van der Waals surface area contributed by atoms with Gasteiger partial charge in [0, 0.05) is 18.7 Å². The second-order valence-electron chi connectivity index (χ2n) is 4.00. The predicted octanol–water partition coefficient (Wildman–Crippen LogP) is 1.85. The molecule has 1 aliphatic rings. The number of fused-ring (bicyclic) bond motifs is 1. The van der Waals surface area contributed by atoms with Gasteiger partial charge in [-0.3, -0.25) is 4.79 Å². The summed E-state index contributed by atoms with van der Waals surface area (Å²) in [6, 6.07) is 8.30. The van der Waals surface area contributed by atoms with Crippen LogP contribution in [0.2, 0.25) is 0 Å². The highest BCUT2D eigenvalue weighted by molar-refractivity contribution is 5.73. The summed E-state index contributed by atoms with van der Waals surface area (Å²) in [5, 5.41) is 3.36. The first-order chi connectivity index (χ1) is 7.27. The van der Waals surface area contributed by atoms with Crippen molar-refractivity contribution in [2.75, 3.05) is 11.9 Å². The maximum Gasteiger partial charge on any atom is 0.217 e. The van der Waals surface area contributed by atoms with E-state index < -0.39 is 0 Å². The van der Waals surface area contributed by atoms with Gasteiger partial charge in [0.1, 0.15) is 0 Å². The summed E-state index contributed by atoms with van der Waals surface area (Å²) in [6.07, 6.45) is 2.44. The fraction of sp³-hybridized carbons (Fsp3) is 0.417. The zero-order valence-electron chi connectivity index (χ0n) is 8.70. The maximum atomic E-state index is 10.8. The fourth-order valence-electron chi connectivity index (χ4n) is 2.17. The van der Waals surface area contributed by atoms with E-state index in [0.717, 1.165) is 19.4 Å². The Bertz CT molecular complexity index is 362. The van der Waals surface area contributed by atoms with E-state index in [1.54, 1.807) is 0 Å². The third-order valence-electron chi connectivity index (χ3n) is 2.95. The monoisotopic (exact) mass is 204 g/mol. The first-order valence-corrected chi connectivity index (χ1v) is 5.38. The predicted molar refractivity (Wildman–Crippen MR) is 60.7 cm³/mol. The summed E-state index contributed by atoms with van der Waals surface area (Å²) < 4.78 is 0. The van der Waals surface area contributed by atoms with Gasteiger partial charge in [0.05, 0.1) is 0 Å². The number of hydrogen-bond donors (Lipinski definition) is 2. The zero-order valence-corrected chi connectivity index (χ0v) is 8.70. The minimum absolute atomic E-state index is 0.203. The molecule has 1 aliphatic heterocycles. The second kappa shape index (κ2) is 4.34. The van der Waals surface area contributed by atoms with Gasteiger partial charge in [-0.05, 0) is 30.4 Å². The number of primary amides is 1. The molecule has 1 amide bonds. The summed E-state index contributed by atoms with van der Waals surface area (Å²) in [5.41, 5.74) is 7.71. The van der Waals surface area contributed by atoms with Crippen molar-refractivity contribution in [3.8, 4) is 0 Å². The molecule has 3 heteroatoms. The van der Waals surface area contributed by atoms with E-state index >= 15 is 0 Å². The summed E-state index contributed by atoms with van der Waals surface area (Å²) in [4.78, 5) is 10.8. The molecule has 3 nitrogen and oxygen atoms in total. The first kappa shape index (κ1) is 10.0. The van der Waals surface area contributed by atoms with Crippen molar-refractivity contribution in [3.63, 3.8) is 0 Å². The van der Waals surface area contributed by atoms with E-state index in [2.05, 4.69) is 17.4 Å². The summed E-state index contributed by atoms with van der Waals surface area (Å²) in [6.45, 7) is 0.987. The lowest BCUT2D eigenvalue weighted by Crippen LogP contribution is -2.19. The number of nitrogens with two attached hydrogens (primary N) is 1. The van der Waals surface area contributed by atoms with Gasteiger partial charge in [-0.15, -0.1) is 0 Å². The maximum absolute atomic E-state index is 10.8. The van der Waals surface area contributed by atoms with Crippen LogP contribution in [0.25, 0.3) is 0 Å². The van der Waals surface area contributed by atoms with Crippen LogP contribution in [-0.2, 0) is 4.79 Å². The summed E-state index contributed by atoms with van der Waals surface area (Å²) in [7, 11) is 0. The van der Waals surface area contributed by atoms with Crippen molar-refractivity contribution in [2.24, 2.45) is 5.73 Å². The summed E-state index contributed by atoms with van der Waals surface area (Å²) >= 11 is 0. The third kappa shape index (κ3) is 2.29. The van der Waals surface area contributed by atoms with Crippen molar-refractivity contribution in [1.29, 1.82) is 0 Å². The van der Waals surface area contributed by atoms with Crippen LogP contribution in [0.15, 0.2) is 24.3 Å². The lowest BCUT2D eigenvalue weighted by atomic mass is 9.87. The number of carbonyl (C=O) groups excluding carboxylic acids is 1. The van der Waals surface area contributed by atoms with Crippen LogP contribution in [-0.4, -0.2) is 12.5 Å². The van der Waals surface area contributed by atoms with Crippen molar-refractivity contribution in [3.05, 3.63) is 29.8 Å². The molecule has 1 unspecified atom stereocenters. The Morgan fingerprint density at radius 3 is 3.07 bits per heavy atom. The van der Waals surface area contributed by atoms with Crippen LogP contribution < -0.4 is 11.1 Å². The molecule has 1 aromatic rings. The molecule has 2 rings (SSSR count). The average molecular weight is 204 g/mol. The van der Waals surface area contributed by atoms with Crippen LogP contribution >= 0.6 is 0 Å². The van der Waals surface area contributed by atoms with Crippen LogP contribution in [0.4, 0.5) is 5.69 Å². The van der Waals surface area contributed by atoms with Crippen LogP contribution in [0.5, 0.6) is 0 Å².